The number of nitrogens with one attached hydrogen (secondary N) is 1. The molecule has 0 unspecified atom stereocenters. The van der Waals surface area contributed by atoms with Gasteiger partial charge in [-0.2, -0.15) is 0 Å². The molecule has 0 aromatic carbocycles. The zero-order valence-electron chi connectivity index (χ0n) is 5.70. The van der Waals surface area contributed by atoms with Gasteiger partial charge in [0.15, 0.2) is 5.82 Å². The number of aromatic nitrogens is 2. The van der Waals surface area contributed by atoms with Crippen LogP contribution in [-0.2, 0) is 7.05 Å². The third-order valence-electron chi connectivity index (χ3n) is 1.53. The van der Waals surface area contributed by atoms with Gasteiger partial charge in [-0.1, -0.05) is 0 Å². The first-order valence-corrected chi connectivity index (χ1v) is 3.13. The van der Waals surface area contributed by atoms with E-state index in [1.165, 1.54) is 0 Å². The van der Waals surface area contributed by atoms with Crippen LogP contribution >= 0.6 is 0 Å². The van der Waals surface area contributed by atoms with Crippen LogP contribution in [0.1, 0.15) is 5.69 Å². The lowest BCUT2D eigenvalue weighted by molar-refractivity contribution is 0.902. The molecule has 4 nitrogen and oxygen atoms in total. The van der Waals surface area contributed by atoms with Gasteiger partial charge in [0.25, 0.3) is 0 Å². The summed E-state index contributed by atoms with van der Waals surface area (Å²) in [5.41, 5.74) is 1.05. The van der Waals surface area contributed by atoms with Crippen LogP contribution < -0.4 is 5.32 Å². The van der Waals surface area contributed by atoms with Crippen molar-refractivity contribution in [1.29, 1.82) is 0 Å². The molecule has 0 saturated heterocycles. The topological polar surface area (TPSA) is 42.2 Å². The molecule has 0 amide bonds. The third-order valence-corrected chi connectivity index (χ3v) is 1.53. The maximum atomic E-state index is 4.12. The molecule has 52 valence electrons. The van der Waals surface area contributed by atoms with Gasteiger partial charge in [0.1, 0.15) is 12.4 Å². The average molecular weight is 136 g/mol. The van der Waals surface area contributed by atoms with E-state index in [0.29, 0.717) is 6.67 Å². The minimum atomic E-state index is 0.643. The van der Waals surface area contributed by atoms with E-state index in [-0.39, 0.29) is 0 Å². The molecule has 1 aliphatic rings. The Morgan fingerprint density at radius 1 is 1.70 bits per heavy atom. The standard InChI is InChI=1S/C6H8N4/c1-10-4-9-6-5(10)2-7-3-8-6/h2,4,8H,3H2,1H3. The Kier molecular flexibility index (Phi) is 1.00. The first kappa shape index (κ1) is 5.46. The van der Waals surface area contributed by atoms with Gasteiger partial charge >= 0.3 is 0 Å². The largest absolute Gasteiger partial charge is 0.349 e. The van der Waals surface area contributed by atoms with Crippen molar-refractivity contribution in [2.75, 3.05) is 12.0 Å². The smallest absolute Gasteiger partial charge is 0.154 e. The second kappa shape index (κ2) is 1.83. The van der Waals surface area contributed by atoms with Crippen LogP contribution in [0, 0.1) is 0 Å². The van der Waals surface area contributed by atoms with Crippen LogP contribution in [0.5, 0.6) is 0 Å². The number of anilines is 1. The first-order valence-electron chi connectivity index (χ1n) is 3.13. The van der Waals surface area contributed by atoms with Crippen LogP contribution in [0.25, 0.3) is 0 Å². The van der Waals surface area contributed by atoms with Crippen LogP contribution in [0.15, 0.2) is 11.3 Å². The lowest BCUT2D eigenvalue weighted by atomic mass is 10.4. The van der Waals surface area contributed by atoms with Crippen LogP contribution in [0.3, 0.4) is 0 Å². The lowest BCUT2D eigenvalue weighted by Crippen LogP contribution is -2.09. The molecule has 0 radical (unpaired) electrons. The second-order valence-electron chi connectivity index (χ2n) is 2.24. The van der Waals surface area contributed by atoms with E-state index in [2.05, 4.69) is 15.3 Å². The summed E-state index contributed by atoms with van der Waals surface area (Å²) >= 11 is 0. The lowest BCUT2D eigenvalue weighted by Gasteiger charge is -2.06. The van der Waals surface area contributed by atoms with Crippen molar-refractivity contribution in [3.8, 4) is 0 Å². The van der Waals surface area contributed by atoms with Gasteiger partial charge in [-0.15, -0.1) is 0 Å². The quantitative estimate of drug-likeness (QED) is 0.554. The maximum absolute atomic E-state index is 4.12. The van der Waals surface area contributed by atoms with E-state index >= 15 is 0 Å². The molecule has 0 bridgehead atoms. The molecule has 1 aliphatic heterocycles. The van der Waals surface area contributed by atoms with E-state index in [9.17, 15) is 0 Å². The molecule has 1 aromatic heterocycles. The van der Waals surface area contributed by atoms with Gasteiger partial charge in [0.2, 0.25) is 0 Å². The van der Waals surface area contributed by atoms with Crippen molar-refractivity contribution in [3.63, 3.8) is 0 Å². The zero-order valence-corrected chi connectivity index (χ0v) is 5.70. The number of rotatable bonds is 0. The van der Waals surface area contributed by atoms with E-state index < -0.39 is 0 Å². The highest BCUT2D eigenvalue weighted by molar-refractivity contribution is 5.85. The molecule has 1 aromatic rings. The summed E-state index contributed by atoms with van der Waals surface area (Å²) in [5.74, 6) is 0.928. The maximum Gasteiger partial charge on any atom is 0.154 e. The fourth-order valence-corrected chi connectivity index (χ4v) is 0.981. The van der Waals surface area contributed by atoms with Gasteiger partial charge < -0.3 is 9.88 Å². The van der Waals surface area contributed by atoms with Crippen LogP contribution in [0.4, 0.5) is 5.82 Å². The number of nitrogens with zero attached hydrogens (tertiary/aromatic N) is 3. The Morgan fingerprint density at radius 2 is 2.60 bits per heavy atom. The van der Waals surface area contributed by atoms with Crippen molar-refractivity contribution < 1.29 is 0 Å². The van der Waals surface area contributed by atoms with Gasteiger partial charge in [-0.05, 0) is 0 Å². The Morgan fingerprint density at radius 3 is 3.40 bits per heavy atom. The minimum Gasteiger partial charge on any atom is -0.349 e. The van der Waals surface area contributed by atoms with Gasteiger partial charge in [-0.3, -0.25) is 4.99 Å². The van der Waals surface area contributed by atoms with Gasteiger partial charge in [0.05, 0.1) is 12.5 Å². The van der Waals surface area contributed by atoms with Crippen molar-refractivity contribution >= 4 is 12.0 Å². The second-order valence-corrected chi connectivity index (χ2v) is 2.24. The molecule has 1 N–H and O–H groups in total. The predicted octanol–water partition coefficient (Wildman–Crippen LogP) is 0.222. The molecule has 10 heavy (non-hydrogen) atoms. The fourth-order valence-electron chi connectivity index (χ4n) is 0.981. The van der Waals surface area contributed by atoms with Gasteiger partial charge in [-0.25, -0.2) is 4.98 Å². The third kappa shape index (κ3) is 0.618. The monoisotopic (exact) mass is 136 g/mol. The zero-order chi connectivity index (χ0) is 6.97. The van der Waals surface area contributed by atoms with Crippen molar-refractivity contribution in [2.45, 2.75) is 0 Å². The fraction of sp³-hybridized carbons (Fsp3) is 0.333. The van der Waals surface area contributed by atoms with E-state index in [0.717, 1.165) is 11.5 Å². The highest BCUT2D eigenvalue weighted by Crippen LogP contribution is 2.11. The van der Waals surface area contributed by atoms with Crippen molar-refractivity contribution in [3.05, 3.63) is 12.0 Å². The number of aliphatic imine (C=N–C) groups is 1. The number of fused-ring (bicyclic) bond motifs is 1. The molecule has 2 heterocycles. The molecule has 0 atom stereocenters. The van der Waals surface area contributed by atoms with Crippen LogP contribution in [0.2, 0.25) is 0 Å². The molecule has 4 heteroatoms. The highest BCUT2D eigenvalue weighted by atomic mass is 15.2. The summed E-state index contributed by atoms with van der Waals surface area (Å²) in [5, 5.41) is 3.05. The summed E-state index contributed by atoms with van der Waals surface area (Å²) in [6.45, 7) is 0.643. The first-order chi connectivity index (χ1) is 4.88. The normalized spacial score (nSPS) is 14.5. The Bertz CT molecular complexity index is 273. The molecule has 0 spiro atoms. The predicted molar refractivity (Wildman–Crippen MR) is 39.3 cm³/mol. The number of aryl methyl sites for hydroxylation is 1. The minimum absolute atomic E-state index is 0.643. The Balaban J connectivity index is 2.57. The summed E-state index contributed by atoms with van der Waals surface area (Å²) in [6, 6.07) is 0. The van der Waals surface area contributed by atoms with Crippen molar-refractivity contribution in [2.24, 2.45) is 12.0 Å². The highest BCUT2D eigenvalue weighted by Gasteiger charge is 2.07. The summed E-state index contributed by atoms with van der Waals surface area (Å²) in [6.07, 6.45) is 3.60. The van der Waals surface area contributed by atoms with Crippen molar-refractivity contribution in [1.82, 2.24) is 9.55 Å². The Hall–Kier alpha value is -1.32. The molecular weight excluding hydrogens is 128 g/mol. The summed E-state index contributed by atoms with van der Waals surface area (Å²) < 4.78 is 1.94. The summed E-state index contributed by atoms with van der Waals surface area (Å²) in [7, 11) is 1.95. The molecule has 0 fully saturated rings. The Labute approximate surface area is 58.6 Å². The summed E-state index contributed by atoms with van der Waals surface area (Å²) in [4.78, 5) is 8.17. The number of hydrogen-bond acceptors (Lipinski definition) is 3. The SMILES string of the molecule is Cn1cnc2c1C=NCN2. The van der Waals surface area contributed by atoms with E-state index in [4.69, 9.17) is 0 Å². The molecule has 0 saturated carbocycles. The number of hydrogen-bond donors (Lipinski definition) is 1. The molecule has 0 aliphatic carbocycles. The van der Waals surface area contributed by atoms with Gasteiger partial charge in [0, 0.05) is 7.05 Å². The average Bonchev–Trinajstić information content (AvgIpc) is 2.34. The molecular formula is C6H8N4. The molecule has 2 rings (SSSR count). The van der Waals surface area contributed by atoms with Crippen LogP contribution in [-0.4, -0.2) is 22.4 Å². The van der Waals surface area contributed by atoms with E-state index in [1.54, 1.807) is 6.33 Å². The van der Waals surface area contributed by atoms with E-state index in [1.807, 2.05) is 17.8 Å². The number of imidazole rings is 1.